The van der Waals surface area contributed by atoms with E-state index in [-0.39, 0.29) is 11.8 Å². The molecule has 29 heavy (non-hydrogen) atoms. The fourth-order valence-electron chi connectivity index (χ4n) is 3.04. The summed E-state index contributed by atoms with van der Waals surface area (Å²) >= 11 is 0. The van der Waals surface area contributed by atoms with Crippen LogP contribution < -0.4 is 16.0 Å². The summed E-state index contributed by atoms with van der Waals surface area (Å²) in [6.45, 7) is 5.44. The van der Waals surface area contributed by atoms with Crippen molar-refractivity contribution < 1.29 is 9.59 Å². The van der Waals surface area contributed by atoms with Gasteiger partial charge in [0.15, 0.2) is 0 Å². The van der Waals surface area contributed by atoms with Gasteiger partial charge < -0.3 is 16.0 Å². The number of carbonyl (C=O) groups excluding carboxylic acids is 2. The largest absolute Gasteiger partial charge is 0.370 e. The van der Waals surface area contributed by atoms with Crippen LogP contribution in [-0.4, -0.2) is 11.8 Å². The first-order valence-electron chi connectivity index (χ1n) is 9.49. The summed E-state index contributed by atoms with van der Waals surface area (Å²) in [6, 6.07) is 22.3. The summed E-state index contributed by atoms with van der Waals surface area (Å²) in [5.41, 5.74) is 5.25. The second-order valence-electron chi connectivity index (χ2n) is 7.05. The molecular weight excluding hydrogens is 362 g/mol. The van der Waals surface area contributed by atoms with Gasteiger partial charge in [0, 0.05) is 24.0 Å². The van der Waals surface area contributed by atoms with Gasteiger partial charge in [-0.05, 0) is 60.9 Å². The van der Waals surface area contributed by atoms with Crippen LogP contribution >= 0.6 is 0 Å². The van der Waals surface area contributed by atoms with E-state index in [4.69, 9.17) is 0 Å². The molecule has 148 valence electrons. The summed E-state index contributed by atoms with van der Waals surface area (Å²) in [4.78, 5) is 24.4. The summed E-state index contributed by atoms with van der Waals surface area (Å²) < 4.78 is 0. The van der Waals surface area contributed by atoms with Crippen molar-refractivity contribution >= 4 is 28.9 Å². The van der Waals surface area contributed by atoms with E-state index in [2.05, 4.69) is 16.0 Å². The number of hydrogen-bond donors (Lipinski definition) is 3. The van der Waals surface area contributed by atoms with E-state index in [0.29, 0.717) is 5.69 Å². The Labute approximate surface area is 171 Å². The minimum absolute atomic E-state index is 0.124. The van der Waals surface area contributed by atoms with Crippen LogP contribution in [0.4, 0.5) is 17.1 Å². The van der Waals surface area contributed by atoms with E-state index in [9.17, 15) is 9.59 Å². The molecule has 0 radical (unpaired) electrons. The average Bonchev–Trinajstić information content (AvgIpc) is 2.70. The lowest BCUT2D eigenvalue weighted by Crippen LogP contribution is -2.27. The molecule has 0 aromatic heterocycles. The fraction of sp³-hybridized carbons (Fsp3) is 0.167. The number of hydrogen-bond acceptors (Lipinski definition) is 3. The molecule has 0 saturated carbocycles. The zero-order valence-electron chi connectivity index (χ0n) is 16.8. The Balaban J connectivity index is 1.84. The van der Waals surface area contributed by atoms with Crippen molar-refractivity contribution in [2.75, 3.05) is 16.0 Å². The van der Waals surface area contributed by atoms with Gasteiger partial charge in [0.2, 0.25) is 5.91 Å². The molecule has 0 bridgehead atoms. The average molecular weight is 387 g/mol. The predicted molar refractivity (Wildman–Crippen MR) is 118 cm³/mol. The predicted octanol–water partition coefficient (Wildman–Crippen LogP) is 5.05. The van der Waals surface area contributed by atoms with Gasteiger partial charge in [0.05, 0.1) is 0 Å². The van der Waals surface area contributed by atoms with Crippen LogP contribution in [0.2, 0.25) is 0 Å². The Morgan fingerprint density at radius 1 is 0.793 bits per heavy atom. The highest BCUT2D eigenvalue weighted by atomic mass is 16.2. The van der Waals surface area contributed by atoms with Crippen LogP contribution in [0.25, 0.3) is 0 Å². The maximum atomic E-state index is 13.2. The molecule has 5 nitrogen and oxygen atoms in total. The number of carbonyl (C=O) groups is 2. The molecule has 0 spiro atoms. The molecule has 0 saturated heterocycles. The molecule has 3 aromatic carbocycles. The van der Waals surface area contributed by atoms with Gasteiger partial charge in [0.25, 0.3) is 5.91 Å². The first-order valence-corrected chi connectivity index (χ1v) is 9.49. The number of rotatable bonds is 6. The molecule has 1 atom stereocenters. The normalized spacial score (nSPS) is 11.4. The smallest absolute Gasteiger partial charge is 0.251 e. The van der Waals surface area contributed by atoms with Crippen LogP contribution in [0.5, 0.6) is 0 Å². The van der Waals surface area contributed by atoms with E-state index >= 15 is 0 Å². The highest BCUT2D eigenvalue weighted by molar-refractivity contribution is 5.98. The van der Waals surface area contributed by atoms with Gasteiger partial charge in [-0.15, -0.1) is 0 Å². The monoisotopic (exact) mass is 387 g/mol. The first kappa shape index (κ1) is 20.1. The zero-order chi connectivity index (χ0) is 20.8. The molecule has 0 aliphatic carbocycles. The van der Waals surface area contributed by atoms with Crippen molar-refractivity contribution in [1.29, 1.82) is 0 Å². The van der Waals surface area contributed by atoms with Crippen molar-refractivity contribution in [2.45, 2.75) is 26.8 Å². The molecule has 0 heterocycles. The highest BCUT2D eigenvalue weighted by Crippen LogP contribution is 2.24. The van der Waals surface area contributed by atoms with Gasteiger partial charge >= 0.3 is 0 Å². The summed E-state index contributed by atoms with van der Waals surface area (Å²) in [5.74, 6) is -0.267. The first-order chi connectivity index (χ1) is 13.9. The standard InChI is InChI=1S/C24H25N3O2/c1-16-9-10-17(2)22(15-16)27-24(29)23(19-7-5-4-6-8-19)26-21-13-11-20(12-14-21)25-18(3)28/h4-15,23,26H,1-3H3,(H,25,28)(H,27,29)/t23-/m1/s1. The van der Waals surface area contributed by atoms with E-state index in [0.717, 1.165) is 28.1 Å². The van der Waals surface area contributed by atoms with Crippen LogP contribution in [0.15, 0.2) is 72.8 Å². The van der Waals surface area contributed by atoms with Gasteiger partial charge in [-0.3, -0.25) is 9.59 Å². The Morgan fingerprint density at radius 3 is 2.10 bits per heavy atom. The molecule has 0 fully saturated rings. The van der Waals surface area contributed by atoms with Crippen LogP contribution in [0.3, 0.4) is 0 Å². The quantitative estimate of drug-likeness (QED) is 0.554. The minimum atomic E-state index is -0.567. The minimum Gasteiger partial charge on any atom is -0.370 e. The van der Waals surface area contributed by atoms with E-state index in [1.165, 1.54) is 6.92 Å². The van der Waals surface area contributed by atoms with Crippen LogP contribution in [-0.2, 0) is 9.59 Å². The molecule has 3 aromatic rings. The molecule has 0 unspecified atom stereocenters. The van der Waals surface area contributed by atoms with E-state index in [1.54, 1.807) is 12.1 Å². The van der Waals surface area contributed by atoms with Gasteiger partial charge in [-0.1, -0.05) is 42.5 Å². The van der Waals surface area contributed by atoms with Crippen LogP contribution in [0.1, 0.15) is 29.7 Å². The molecule has 5 heteroatoms. The zero-order valence-corrected chi connectivity index (χ0v) is 16.8. The second-order valence-corrected chi connectivity index (χ2v) is 7.05. The molecule has 0 aliphatic rings. The van der Waals surface area contributed by atoms with E-state index in [1.807, 2.05) is 74.5 Å². The number of benzene rings is 3. The summed E-state index contributed by atoms with van der Waals surface area (Å²) in [6.07, 6.45) is 0. The lowest BCUT2D eigenvalue weighted by atomic mass is 10.0. The third-order valence-electron chi connectivity index (χ3n) is 4.56. The van der Waals surface area contributed by atoms with E-state index < -0.39 is 6.04 Å². The summed E-state index contributed by atoms with van der Waals surface area (Å²) in [7, 11) is 0. The Hall–Kier alpha value is -3.60. The second kappa shape index (κ2) is 9.06. The lowest BCUT2D eigenvalue weighted by Gasteiger charge is -2.21. The van der Waals surface area contributed by atoms with Crippen molar-refractivity contribution in [3.05, 3.63) is 89.5 Å². The van der Waals surface area contributed by atoms with Gasteiger partial charge in [-0.25, -0.2) is 0 Å². The summed E-state index contributed by atoms with van der Waals surface area (Å²) in [5, 5.41) is 9.09. The van der Waals surface area contributed by atoms with Gasteiger partial charge in [-0.2, -0.15) is 0 Å². The topological polar surface area (TPSA) is 70.2 Å². The maximum absolute atomic E-state index is 13.2. The SMILES string of the molecule is CC(=O)Nc1ccc(N[C@@H](C(=O)Nc2cc(C)ccc2C)c2ccccc2)cc1. The fourth-order valence-corrected chi connectivity index (χ4v) is 3.04. The number of amides is 2. The molecule has 2 amide bonds. The van der Waals surface area contributed by atoms with Crippen molar-refractivity contribution in [3.8, 4) is 0 Å². The maximum Gasteiger partial charge on any atom is 0.251 e. The van der Waals surface area contributed by atoms with Gasteiger partial charge in [0.1, 0.15) is 6.04 Å². The molecular formula is C24H25N3O2. The number of aryl methyl sites for hydroxylation is 2. The molecule has 0 aliphatic heterocycles. The number of nitrogens with one attached hydrogen (secondary N) is 3. The highest BCUT2D eigenvalue weighted by Gasteiger charge is 2.21. The van der Waals surface area contributed by atoms with Crippen molar-refractivity contribution in [1.82, 2.24) is 0 Å². The lowest BCUT2D eigenvalue weighted by molar-refractivity contribution is -0.117. The van der Waals surface area contributed by atoms with Crippen LogP contribution in [0, 0.1) is 13.8 Å². The Morgan fingerprint density at radius 2 is 1.45 bits per heavy atom. The Bertz CT molecular complexity index is 998. The Kier molecular flexibility index (Phi) is 6.29. The molecule has 3 rings (SSSR count). The third kappa shape index (κ3) is 5.45. The number of anilines is 3. The third-order valence-corrected chi connectivity index (χ3v) is 4.56. The van der Waals surface area contributed by atoms with Crippen molar-refractivity contribution in [2.24, 2.45) is 0 Å². The van der Waals surface area contributed by atoms with Crippen molar-refractivity contribution in [3.63, 3.8) is 0 Å². The molecule has 3 N–H and O–H groups in total.